The van der Waals surface area contributed by atoms with Gasteiger partial charge in [0.1, 0.15) is 12.0 Å². The Morgan fingerprint density at radius 2 is 2.09 bits per heavy atom. The van der Waals surface area contributed by atoms with Gasteiger partial charge in [-0.05, 0) is 6.07 Å². The Hall–Kier alpha value is -0.640. The maximum Gasteiger partial charge on any atom is 0.419 e. The van der Waals surface area contributed by atoms with Gasteiger partial charge in [0.15, 0.2) is 0 Å². The molecule has 0 aliphatic rings. The van der Waals surface area contributed by atoms with E-state index in [2.05, 4.69) is 4.42 Å². The second kappa shape index (κ2) is 2.77. The van der Waals surface area contributed by atoms with Gasteiger partial charge < -0.3 is 4.42 Å². The van der Waals surface area contributed by atoms with Gasteiger partial charge in [-0.3, -0.25) is 0 Å². The first-order valence-corrected chi connectivity index (χ1v) is 3.28. The Balaban J connectivity index is 2.89. The van der Waals surface area contributed by atoms with Crippen molar-refractivity contribution in [3.05, 3.63) is 23.7 Å². The number of rotatable bonds is 1. The van der Waals surface area contributed by atoms with Crippen LogP contribution < -0.4 is 0 Å². The van der Waals surface area contributed by atoms with E-state index in [0.717, 1.165) is 6.07 Å². The Kier molecular flexibility index (Phi) is 2.13. The molecule has 1 rings (SSSR count). The third-order valence-corrected chi connectivity index (χ3v) is 1.38. The fourth-order valence-corrected chi connectivity index (χ4v) is 0.740. The molecule has 0 atom stereocenters. The first-order valence-electron chi connectivity index (χ1n) is 2.74. The van der Waals surface area contributed by atoms with Crippen LogP contribution in [0.5, 0.6) is 0 Å². The fraction of sp³-hybridized carbons (Fsp3) is 0.333. The second-order valence-corrected chi connectivity index (χ2v) is 2.20. The molecule has 0 fully saturated rings. The van der Waals surface area contributed by atoms with Crippen molar-refractivity contribution in [3.63, 3.8) is 0 Å². The third-order valence-electron chi connectivity index (χ3n) is 1.11. The Bertz CT molecular complexity index is 240. The molecule has 0 bridgehead atoms. The van der Waals surface area contributed by atoms with Crippen LogP contribution in [0.1, 0.15) is 11.3 Å². The van der Waals surface area contributed by atoms with Crippen molar-refractivity contribution in [2.45, 2.75) is 12.1 Å². The summed E-state index contributed by atoms with van der Waals surface area (Å²) in [6, 6.07) is 0.882. The van der Waals surface area contributed by atoms with E-state index in [1.54, 1.807) is 0 Å². The van der Waals surface area contributed by atoms with Crippen molar-refractivity contribution in [2.75, 3.05) is 0 Å². The lowest BCUT2D eigenvalue weighted by Crippen LogP contribution is -2.01. The molecule has 1 nitrogen and oxygen atoms in total. The van der Waals surface area contributed by atoms with Crippen molar-refractivity contribution in [3.8, 4) is 0 Å². The summed E-state index contributed by atoms with van der Waals surface area (Å²) in [7, 11) is 0. The van der Waals surface area contributed by atoms with Gasteiger partial charge in [-0.25, -0.2) is 0 Å². The Morgan fingerprint density at radius 3 is 2.36 bits per heavy atom. The van der Waals surface area contributed by atoms with Crippen LogP contribution >= 0.6 is 11.6 Å². The second-order valence-electron chi connectivity index (χ2n) is 1.93. The van der Waals surface area contributed by atoms with Crippen molar-refractivity contribution >= 4 is 11.6 Å². The monoisotopic (exact) mass is 184 g/mol. The minimum Gasteiger partial charge on any atom is -0.467 e. The van der Waals surface area contributed by atoms with E-state index in [1.807, 2.05) is 0 Å². The van der Waals surface area contributed by atoms with Crippen LogP contribution in [0.25, 0.3) is 0 Å². The molecule has 11 heavy (non-hydrogen) atoms. The van der Waals surface area contributed by atoms with Crippen LogP contribution in [-0.4, -0.2) is 0 Å². The van der Waals surface area contributed by atoms with E-state index >= 15 is 0 Å². The quantitative estimate of drug-likeness (QED) is 0.612. The summed E-state index contributed by atoms with van der Waals surface area (Å²) < 4.78 is 40.0. The normalized spacial score (nSPS) is 12.0. The summed E-state index contributed by atoms with van der Waals surface area (Å²) in [5.74, 6) is 0.0785. The molecule has 62 valence electrons. The molecule has 0 spiro atoms. The van der Waals surface area contributed by atoms with Gasteiger partial charge in [0.25, 0.3) is 0 Å². The molecule has 0 saturated heterocycles. The van der Waals surface area contributed by atoms with Crippen molar-refractivity contribution < 1.29 is 17.6 Å². The summed E-state index contributed by atoms with van der Waals surface area (Å²) in [5, 5.41) is 0. The van der Waals surface area contributed by atoms with Gasteiger partial charge in [-0.1, -0.05) is 0 Å². The third kappa shape index (κ3) is 1.89. The minimum absolute atomic E-state index is 0.0456. The molecule has 0 N–H and O–H groups in total. The SMILES string of the molecule is FC(F)(F)c1coc(CCl)c1. The van der Waals surface area contributed by atoms with Crippen LogP contribution in [0.15, 0.2) is 16.7 Å². The van der Waals surface area contributed by atoms with Gasteiger partial charge in [-0.15, -0.1) is 11.6 Å². The van der Waals surface area contributed by atoms with Gasteiger partial charge >= 0.3 is 6.18 Å². The molecule has 5 heteroatoms. The maximum atomic E-state index is 11.8. The zero-order chi connectivity index (χ0) is 8.48. The maximum absolute atomic E-state index is 11.8. The van der Waals surface area contributed by atoms with Crippen LogP contribution in [0.2, 0.25) is 0 Å². The minimum atomic E-state index is -4.34. The standard InChI is InChI=1S/C6H4ClF3O/c7-2-5-1-4(3-11-5)6(8,9)10/h1,3H,2H2. The van der Waals surface area contributed by atoms with E-state index in [9.17, 15) is 13.2 Å². The lowest BCUT2D eigenvalue weighted by Gasteiger charge is -1.99. The number of alkyl halides is 4. The molecule has 0 unspecified atom stereocenters. The van der Waals surface area contributed by atoms with Gasteiger partial charge in [0.2, 0.25) is 0 Å². The molecular weight excluding hydrogens is 181 g/mol. The molecule has 1 aromatic heterocycles. The molecular formula is C6H4ClF3O. The van der Waals surface area contributed by atoms with E-state index in [1.165, 1.54) is 0 Å². The van der Waals surface area contributed by atoms with E-state index in [4.69, 9.17) is 11.6 Å². The molecule has 1 aromatic rings. The zero-order valence-electron chi connectivity index (χ0n) is 5.28. The smallest absolute Gasteiger partial charge is 0.419 e. The highest BCUT2D eigenvalue weighted by molar-refractivity contribution is 6.16. The summed E-state index contributed by atoms with van der Waals surface area (Å²) >= 11 is 5.23. The van der Waals surface area contributed by atoms with Crippen LogP contribution in [0, 0.1) is 0 Å². The fourth-order valence-electron chi connectivity index (χ4n) is 0.599. The number of halogens is 4. The summed E-state index contributed by atoms with van der Waals surface area (Å²) in [4.78, 5) is 0. The predicted molar refractivity (Wildman–Crippen MR) is 33.3 cm³/mol. The zero-order valence-corrected chi connectivity index (χ0v) is 6.04. The first kappa shape index (κ1) is 8.46. The average molecular weight is 185 g/mol. The number of furan rings is 1. The molecule has 0 aliphatic heterocycles. The average Bonchev–Trinajstić information content (AvgIpc) is 2.32. The van der Waals surface area contributed by atoms with E-state index in [0.29, 0.717) is 6.26 Å². The Labute approximate surface area is 65.8 Å². The molecule has 0 radical (unpaired) electrons. The number of hydrogen-bond acceptors (Lipinski definition) is 1. The van der Waals surface area contributed by atoms with Crippen LogP contribution in [0.4, 0.5) is 13.2 Å². The molecule has 0 aromatic carbocycles. The first-order chi connectivity index (χ1) is 5.04. The highest BCUT2D eigenvalue weighted by atomic mass is 35.5. The molecule has 0 amide bonds. The highest BCUT2D eigenvalue weighted by Gasteiger charge is 2.32. The summed E-state index contributed by atoms with van der Waals surface area (Å²) in [6.45, 7) is 0. The summed E-state index contributed by atoms with van der Waals surface area (Å²) in [6.07, 6.45) is -3.69. The largest absolute Gasteiger partial charge is 0.467 e. The molecule has 1 heterocycles. The topological polar surface area (TPSA) is 13.1 Å². The highest BCUT2D eigenvalue weighted by Crippen LogP contribution is 2.30. The lowest BCUT2D eigenvalue weighted by molar-refractivity contribution is -0.137. The number of hydrogen-bond donors (Lipinski definition) is 0. The van der Waals surface area contributed by atoms with Gasteiger partial charge in [-0.2, -0.15) is 13.2 Å². The van der Waals surface area contributed by atoms with E-state index in [-0.39, 0.29) is 11.6 Å². The van der Waals surface area contributed by atoms with Crippen molar-refractivity contribution in [1.29, 1.82) is 0 Å². The van der Waals surface area contributed by atoms with E-state index < -0.39 is 11.7 Å². The van der Waals surface area contributed by atoms with Crippen LogP contribution in [0.3, 0.4) is 0 Å². The predicted octanol–water partition coefficient (Wildman–Crippen LogP) is 3.04. The lowest BCUT2D eigenvalue weighted by atomic mass is 10.3. The van der Waals surface area contributed by atoms with Crippen molar-refractivity contribution in [1.82, 2.24) is 0 Å². The van der Waals surface area contributed by atoms with Gasteiger partial charge in [0, 0.05) is 0 Å². The Morgan fingerprint density at radius 1 is 1.45 bits per heavy atom. The van der Waals surface area contributed by atoms with Crippen LogP contribution in [-0.2, 0) is 12.1 Å². The summed E-state index contributed by atoms with van der Waals surface area (Å²) in [5.41, 5.74) is -0.798. The molecule has 0 aliphatic carbocycles. The van der Waals surface area contributed by atoms with Gasteiger partial charge in [0.05, 0.1) is 11.4 Å². The van der Waals surface area contributed by atoms with Crippen molar-refractivity contribution in [2.24, 2.45) is 0 Å². The molecule has 0 saturated carbocycles.